The zero-order valence-corrected chi connectivity index (χ0v) is 21.4. The van der Waals surface area contributed by atoms with Gasteiger partial charge in [-0.05, 0) is 81.4 Å². The van der Waals surface area contributed by atoms with Crippen molar-refractivity contribution < 1.29 is 19.1 Å². The van der Waals surface area contributed by atoms with E-state index in [-0.39, 0.29) is 10.7 Å². The van der Waals surface area contributed by atoms with E-state index in [2.05, 4.69) is 41.9 Å². The van der Waals surface area contributed by atoms with E-state index in [0.29, 0.717) is 17.2 Å². The molecule has 0 saturated carbocycles. The van der Waals surface area contributed by atoms with Crippen molar-refractivity contribution in [2.45, 2.75) is 27.7 Å². The van der Waals surface area contributed by atoms with Gasteiger partial charge in [0.1, 0.15) is 17.1 Å². The molecule has 2 amide bonds. The van der Waals surface area contributed by atoms with Gasteiger partial charge in [0.2, 0.25) is 0 Å². The van der Waals surface area contributed by atoms with Gasteiger partial charge in [0, 0.05) is 23.1 Å². The predicted octanol–water partition coefficient (Wildman–Crippen LogP) is 4.56. The van der Waals surface area contributed by atoms with Crippen LogP contribution >= 0.6 is 12.2 Å². The van der Waals surface area contributed by atoms with Crippen LogP contribution in [0.1, 0.15) is 28.1 Å². The number of hydrogen-bond donors (Lipinski definition) is 1. The highest BCUT2D eigenvalue weighted by Crippen LogP contribution is 2.35. The Kier molecular flexibility index (Phi) is 6.49. The van der Waals surface area contributed by atoms with E-state index in [4.69, 9.17) is 21.7 Å². The molecule has 35 heavy (non-hydrogen) atoms. The van der Waals surface area contributed by atoms with Gasteiger partial charge >= 0.3 is 0 Å². The fourth-order valence-electron chi connectivity index (χ4n) is 4.36. The summed E-state index contributed by atoms with van der Waals surface area (Å²) in [6.07, 6.45) is 1.62. The maximum atomic E-state index is 13.6. The number of benzene rings is 2. The quantitative estimate of drug-likeness (QED) is 0.323. The van der Waals surface area contributed by atoms with Crippen LogP contribution in [0.15, 0.2) is 48.0 Å². The average molecular weight is 490 g/mol. The van der Waals surface area contributed by atoms with Gasteiger partial charge in [-0.1, -0.05) is 17.7 Å². The van der Waals surface area contributed by atoms with Gasteiger partial charge < -0.3 is 14.0 Å². The van der Waals surface area contributed by atoms with E-state index in [9.17, 15) is 9.59 Å². The summed E-state index contributed by atoms with van der Waals surface area (Å²) in [5.74, 6) is -0.109. The summed E-state index contributed by atoms with van der Waals surface area (Å²) in [4.78, 5) is 27.7. The molecule has 1 aromatic heterocycles. The first-order valence-electron chi connectivity index (χ1n) is 11.1. The molecule has 0 unspecified atom stereocenters. The molecule has 0 aliphatic carbocycles. The lowest BCUT2D eigenvalue weighted by Crippen LogP contribution is -2.54. The first-order valence-corrected chi connectivity index (χ1v) is 11.5. The molecule has 8 heteroatoms. The molecular weight excluding hydrogens is 462 g/mol. The van der Waals surface area contributed by atoms with E-state index < -0.39 is 11.8 Å². The monoisotopic (exact) mass is 489 g/mol. The number of thiocarbonyl (C=S) groups is 1. The molecule has 0 atom stereocenters. The third-order valence-electron chi connectivity index (χ3n) is 6.09. The summed E-state index contributed by atoms with van der Waals surface area (Å²) in [7, 11) is 3.04. The molecule has 1 aliphatic heterocycles. The van der Waals surface area contributed by atoms with Crippen LogP contribution < -0.4 is 19.7 Å². The summed E-state index contributed by atoms with van der Waals surface area (Å²) >= 11 is 5.34. The van der Waals surface area contributed by atoms with Crippen molar-refractivity contribution in [3.05, 3.63) is 76.1 Å². The summed E-state index contributed by atoms with van der Waals surface area (Å²) in [5.41, 5.74) is 6.47. The van der Waals surface area contributed by atoms with Gasteiger partial charge in [0.25, 0.3) is 11.8 Å². The highest BCUT2D eigenvalue weighted by molar-refractivity contribution is 7.80. The highest BCUT2D eigenvalue weighted by Gasteiger charge is 2.36. The maximum Gasteiger partial charge on any atom is 0.270 e. The Bertz CT molecular complexity index is 1400. The van der Waals surface area contributed by atoms with Crippen molar-refractivity contribution in [1.82, 2.24) is 9.88 Å². The van der Waals surface area contributed by atoms with Crippen LogP contribution in [0, 0.1) is 27.7 Å². The fraction of sp³-hybridized carbons (Fsp3) is 0.222. The SMILES string of the molecule is COc1ccc(N2C(=O)/C(=C/c3cc(C)n(-c4ccc(C)cc4C)c3C)C(=O)NC2=S)c(OC)c1. The molecule has 1 saturated heterocycles. The molecule has 1 fully saturated rings. The summed E-state index contributed by atoms with van der Waals surface area (Å²) in [5, 5.41) is 2.62. The Balaban J connectivity index is 1.79. The number of aromatic nitrogens is 1. The number of carbonyl (C=O) groups excluding carboxylic acids is 2. The number of carbonyl (C=O) groups is 2. The minimum atomic E-state index is -0.542. The second-order valence-corrected chi connectivity index (χ2v) is 8.83. The number of ether oxygens (including phenoxy) is 2. The van der Waals surface area contributed by atoms with Gasteiger partial charge in [-0.25, -0.2) is 4.90 Å². The Morgan fingerprint density at radius 3 is 2.29 bits per heavy atom. The van der Waals surface area contributed by atoms with Crippen molar-refractivity contribution >= 4 is 40.9 Å². The number of methoxy groups -OCH3 is 2. The molecular formula is C27H27N3O4S. The predicted molar refractivity (Wildman–Crippen MR) is 140 cm³/mol. The van der Waals surface area contributed by atoms with Gasteiger partial charge in [-0.3, -0.25) is 14.9 Å². The van der Waals surface area contributed by atoms with Crippen molar-refractivity contribution in [3.8, 4) is 17.2 Å². The Labute approximate surface area is 210 Å². The van der Waals surface area contributed by atoms with Gasteiger partial charge in [-0.2, -0.15) is 0 Å². The first kappa shape index (κ1) is 24.2. The lowest BCUT2D eigenvalue weighted by Gasteiger charge is -2.30. The number of rotatable bonds is 5. The van der Waals surface area contributed by atoms with Crippen LogP contribution in [0.25, 0.3) is 11.8 Å². The van der Waals surface area contributed by atoms with Crippen molar-refractivity contribution in [2.24, 2.45) is 0 Å². The molecule has 2 aromatic carbocycles. The minimum Gasteiger partial charge on any atom is -0.497 e. The summed E-state index contributed by atoms with van der Waals surface area (Å²) in [6.45, 7) is 8.10. The molecule has 0 spiro atoms. The van der Waals surface area contributed by atoms with Gasteiger partial charge in [-0.15, -0.1) is 0 Å². The molecule has 7 nitrogen and oxygen atoms in total. The van der Waals surface area contributed by atoms with Crippen molar-refractivity contribution in [1.29, 1.82) is 0 Å². The maximum absolute atomic E-state index is 13.6. The van der Waals surface area contributed by atoms with Crippen LogP contribution in [0.4, 0.5) is 5.69 Å². The third-order valence-corrected chi connectivity index (χ3v) is 6.38. The second kappa shape index (κ2) is 9.38. The fourth-order valence-corrected chi connectivity index (χ4v) is 4.64. The molecule has 0 bridgehead atoms. The Hall–Kier alpha value is -3.91. The minimum absolute atomic E-state index is 0.0126. The Morgan fingerprint density at radius 2 is 1.63 bits per heavy atom. The van der Waals surface area contributed by atoms with Gasteiger partial charge in [0.15, 0.2) is 5.11 Å². The zero-order chi connectivity index (χ0) is 25.4. The lowest BCUT2D eigenvalue weighted by molar-refractivity contribution is -0.122. The smallest absolute Gasteiger partial charge is 0.270 e. The summed E-state index contributed by atoms with van der Waals surface area (Å²) in [6, 6.07) is 13.3. The molecule has 1 N–H and O–H groups in total. The number of aryl methyl sites for hydroxylation is 3. The number of anilines is 1. The Morgan fingerprint density at radius 1 is 0.914 bits per heavy atom. The number of amides is 2. The average Bonchev–Trinajstić information content (AvgIpc) is 3.09. The van der Waals surface area contributed by atoms with Crippen LogP contribution in [-0.2, 0) is 9.59 Å². The van der Waals surface area contributed by atoms with E-state index in [1.165, 1.54) is 17.6 Å². The summed E-state index contributed by atoms with van der Waals surface area (Å²) < 4.78 is 12.8. The molecule has 1 aliphatic rings. The molecule has 3 aromatic rings. The van der Waals surface area contributed by atoms with E-state index >= 15 is 0 Å². The second-order valence-electron chi connectivity index (χ2n) is 8.45. The standard InChI is InChI=1S/C27H27N3O4S/c1-15-7-9-22(16(2)11-15)29-17(3)12-19(18(29)4)13-21-25(31)28-27(35)30(26(21)32)23-10-8-20(33-5)14-24(23)34-6/h7-14H,1-6H3,(H,28,31,35)/b21-13+. The third kappa shape index (κ3) is 4.33. The first-order chi connectivity index (χ1) is 16.7. The van der Waals surface area contributed by atoms with E-state index in [0.717, 1.165) is 28.2 Å². The lowest BCUT2D eigenvalue weighted by atomic mass is 10.1. The van der Waals surface area contributed by atoms with Crippen LogP contribution in [0.5, 0.6) is 11.5 Å². The normalized spacial score (nSPS) is 15.0. The van der Waals surface area contributed by atoms with E-state index in [1.54, 1.807) is 31.4 Å². The van der Waals surface area contributed by atoms with Crippen molar-refractivity contribution in [3.63, 3.8) is 0 Å². The molecule has 180 valence electrons. The number of nitrogens with one attached hydrogen (secondary N) is 1. The largest absolute Gasteiger partial charge is 0.497 e. The number of hydrogen-bond acceptors (Lipinski definition) is 5. The van der Waals surface area contributed by atoms with Gasteiger partial charge in [0.05, 0.1) is 19.9 Å². The highest BCUT2D eigenvalue weighted by atomic mass is 32.1. The molecule has 0 radical (unpaired) electrons. The number of nitrogens with zero attached hydrogens (tertiary/aromatic N) is 2. The van der Waals surface area contributed by atoms with Crippen molar-refractivity contribution in [2.75, 3.05) is 19.1 Å². The topological polar surface area (TPSA) is 72.8 Å². The zero-order valence-electron chi connectivity index (χ0n) is 20.6. The van der Waals surface area contributed by atoms with Crippen LogP contribution in [0.3, 0.4) is 0 Å². The van der Waals surface area contributed by atoms with Crippen LogP contribution in [-0.4, -0.2) is 35.7 Å². The van der Waals surface area contributed by atoms with E-state index in [1.807, 2.05) is 19.9 Å². The molecule has 4 rings (SSSR count). The molecule has 2 heterocycles. The van der Waals surface area contributed by atoms with Crippen LogP contribution in [0.2, 0.25) is 0 Å².